The molecule has 0 bridgehead atoms. The third kappa shape index (κ3) is 2.40. The number of aromatic nitrogens is 3. The van der Waals surface area contributed by atoms with E-state index in [4.69, 9.17) is 9.26 Å². The molecule has 0 radical (unpaired) electrons. The lowest BCUT2D eigenvalue weighted by Crippen LogP contribution is -2.07. The molecule has 6 nitrogen and oxygen atoms in total. The summed E-state index contributed by atoms with van der Waals surface area (Å²) < 4.78 is 10.1. The smallest absolute Gasteiger partial charge is 0.213 e. The van der Waals surface area contributed by atoms with Gasteiger partial charge in [-0.05, 0) is 12.1 Å². The molecule has 3 aromatic rings. The monoisotopic (exact) mass is 270 g/mol. The molecule has 1 aromatic carbocycles. The summed E-state index contributed by atoms with van der Waals surface area (Å²) in [7, 11) is 1.67. The quantitative estimate of drug-likeness (QED) is 0.766. The van der Waals surface area contributed by atoms with Gasteiger partial charge in [0.2, 0.25) is 6.39 Å². The maximum absolute atomic E-state index is 5.36. The van der Waals surface area contributed by atoms with E-state index >= 15 is 0 Å². The van der Waals surface area contributed by atoms with Crippen LogP contribution in [0.2, 0.25) is 0 Å². The summed E-state index contributed by atoms with van der Waals surface area (Å²) in [5.74, 6) is 2.34. The summed E-state index contributed by atoms with van der Waals surface area (Å²) in [5, 5.41) is 9.12. The second-order valence-electron chi connectivity index (χ2n) is 4.24. The van der Waals surface area contributed by atoms with Gasteiger partial charge < -0.3 is 14.6 Å². The molecular formula is C14H14N4O2. The van der Waals surface area contributed by atoms with Crippen LogP contribution in [0.1, 0.15) is 5.82 Å². The molecule has 0 aliphatic carbocycles. The van der Waals surface area contributed by atoms with Crippen molar-refractivity contribution in [2.24, 2.45) is 0 Å². The Kier molecular flexibility index (Phi) is 3.45. The Balaban J connectivity index is 1.81. The summed E-state index contributed by atoms with van der Waals surface area (Å²) in [6, 6.07) is 7.85. The first kappa shape index (κ1) is 12.4. The van der Waals surface area contributed by atoms with Gasteiger partial charge in [-0.25, -0.2) is 4.98 Å². The van der Waals surface area contributed by atoms with Crippen molar-refractivity contribution in [2.75, 3.05) is 19.0 Å². The molecule has 0 saturated heterocycles. The summed E-state index contributed by atoms with van der Waals surface area (Å²) in [5.41, 5.74) is 0. The van der Waals surface area contributed by atoms with Gasteiger partial charge >= 0.3 is 0 Å². The number of hydrogen-bond donors (Lipinski definition) is 1. The van der Waals surface area contributed by atoms with E-state index in [1.165, 1.54) is 6.39 Å². The van der Waals surface area contributed by atoms with E-state index in [0.29, 0.717) is 18.8 Å². The summed E-state index contributed by atoms with van der Waals surface area (Å²) in [6.07, 6.45) is 3.77. The van der Waals surface area contributed by atoms with Crippen LogP contribution in [0, 0.1) is 0 Å². The fraction of sp³-hybridized carbons (Fsp3) is 0.214. The number of hydrogen-bond acceptors (Lipinski definition) is 6. The molecule has 0 aliphatic rings. The first-order valence-electron chi connectivity index (χ1n) is 6.29. The Morgan fingerprint density at radius 3 is 2.95 bits per heavy atom. The van der Waals surface area contributed by atoms with Crippen molar-refractivity contribution in [3.8, 4) is 5.75 Å². The standard InChI is InChI=1S/C14H14N4O2/c1-19-12-4-2-3-11-10(12)5-7-15-14(11)16-8-6-13-17-9-20-18-13/h2-5,7,9H,6,8H2,1H3,(H,15,16). The molecule has 2 heterocycles. The van der Waals surface area contributed by atoms with Crippen LogP contribution < -0.4 is 10.1 Å². The van der Waals surface area contributed by atoms with Gasteiger partial charge in [-0.3, -0.25) is 0 Å². The molecule has 3 rings (SSSR count). The molecule has 102 valence electrons. The van der Waals surface area contributed by atoms with Crippen molar-refractivity contribution in [1.29, 1.82) is 0 Å². The van der Waals surface area contributed by atoms with E-state index < -0.39 is 0 Å². The van der Waals surface area contributed by atoms with Gasteiger partial charge in [-0.2, -0.15) is 4.98 Å². The molecule has 0 saturated carbocycles. The molecule has 0 amide bonds. The van der Waals surface area contributed by atoms with Crippen LogP contribution in [0.15, 0.2) is 41.4 Å². The van der Waals surface area contributed by atoms with Gasteiger partial charge in [0.15, 0.2) is 5.82 Å². The summed E-state index contributed by atoms with van der Waals surface area (Å²) in [4.78, 5) is 8.35. The normalized spacial score (nSPS) is 10.7. The molecule has 1 N–H and O–H groups in total. The maximum Gasteiger partial charge on any atom is 0.213 e. The van der Waals surface area contributed by atoms with Crippen molar-refractivity contribution in [2.45, 2.75) is 6.42 Å². The molecule has 0 fully saturated rings. The molecule has 20 heavy (non-hydrogen) atoms. The van der Waals surface area contributed by atoms with E-state index in [1.807, 2.05) is 24.3 Å². The topological polar surface area (TPSA) is 73.1 Å². The molecule has 0 unspecified atom stereocenters. The van der Waals surface area contributed by atoms with Gasteiger partial charge in [0.05, 0.1) is 7.11 Å². The first-order chi connectivity index (χ1) is 9.88. The highest BCUT2D eigenvalue weighted by Crippen LogP contribution is 2.28. The predicted octanol–water partition coefficient (Wildman–Crippen LogP) is 2.28. The minimum Gasteiger partial charge on any atom is -0.496 e. The zero-order valence-corrected chi connectivity index (χ0v) is 11.0. The lowest BCUT2D eigenvalue weighted by atomic mass is 10.1. The molecule has 0 atom stereocenters. The minimum absolute atomic E-state index is 0.676. The van der Waals surface area contributed by atoms with E-state index in [9.17, 15) is 0 Å². The number of rotatable bonds is 5. The Bertz CT molecular complexity index is 697. The van der Waals surface area contributed by atoms with Crippen LogP contribution in [0.4, 0.5) is 5.82 Å². The maximum atomic E-state index is 5.36. The average Bonchev–Trinajstić information content (AvgIpc) is 3.00. The SMILES string of the molecule is COc1cccc2c(NCCc3ncon3)nccc12. The van der Waals surface area contributed by atoms with Crippen LogP contribution in [0.3, 0.4) is 0 Å². The molecule has 6 heteroatoms. The number of nitrogens with zero attached hydrogens (tertiary/aromatic N) is 3. The fourth-order valence-corrected chi connectivity index (χ4v) is 2.09. The Morgan fingerprint density at radius 2 is 2.15 bits per heavy atom. The van der Waals surface area contributed by atoms with Crippen molar-refractivity contribution in [3.63, 3.8) is 0 Å². The number of nitrogens with one attached hydrogen (secondary N) is 1. The second kappa shape index (κ2) is 5.56. The summed E-state index contributed by atoms with van der Waals surface area (Å²) >= 11 is 0. The Labute approximate surface area is 115 Å². The zero-order chi connectivity index (χ0) is 13.8. The lowest BCUT2D eigenvalue weighted by molar-refractivity contribution is 0.410. The van der Waals surface area contributed by atoms with E-state index in [0.717, 1.165) is 22.3 Å². The summed E-state index contributed by atoms with van der Waals surface area (Å²) in [6.45, 7) is 0.683. The molecule has 0 aliphatic heterocycles. The van der Waals surface area contributed by atoms with Crippen molar-refractivity contribution < 1.29 is 9.26 Å². The van der Waals surface area contributed by atoms with Gasteiger partial charge in [0, 0.05) is 29.9 Å². The first-order valence-corrected chi connectivity index (χ1v) is 6.29. The van der Waals surface area contributed by atoms with Gasteiger partial charge in [-0.1, -0.05) is 17.3 Å². The van der Waals surface area contributed by atoms with E-state index in [2.05, 4.69) is 20.4 Å². The number of benzene rings is 1. The van der Waals surface area contributed by atoms with Crippen molar-refractivity contribution in [3.05, 3.63) is 42.7 Å². The second-order valence-corrected chi connectivity index (χ2v) is 4.24. The molecule has 2 aromatic heterocycles. The van der Waals surface area contributed by atoms with Gasteiger partial charge in [-0.15, -0.1) is 0 Å². The molecule has 0 spiro atoms. The number of anilines is 1. The van der Waals surface area contributed by atoms with Crippen LogP contribution in [-0.2, 0) is 6.42 Å². The van der Waals surface area contributed by atoms with E-state index in [-0.39, 0.29) is 0 Å². The number of pyridine rings is 1. The van der Waals surface area contributed by atoms with Crippen LogP contribution >= 0.6 is 0 Å². The Morgan fingerprint density at radius 1 is 1.20 bits per heavy atom. The zero-order valence-electron chi connectivity index (χ0n) is 11.0. The number of fused-ring (bicyclic) bond motifs is 1. The van der Waals surface area contributed by atoms with Crippen LogP contribution in [0.5, 0.6) is 5.75 Å². The largest absolute Gasteiger partial charge is 0.496 e. The van der Waals surface area contributed by atoms with Gasteiger partial charge in [0.1, 0.15) is 11.6 Å². The van der Waals surface area contributed by atoms with Gasteiger partial charge in [0.25, 0.3) is 0 Å². The van der Waals surface area contributed by atoms with Crippen molar-refractivity contribution >= 4 is 16.6 Å². The highest BCUT2D eigenvalue weighted by atomic mass is 16.5. The molecular weight excluding hydrogens is 256 g/mol. The number of methoxy groups -OCH3 is 1. The highest BCUT2D eigenvalue weighted by Gasteiger charge is 2.06. The van der Waals surface area contributed by atoms with Crippen molar-refractivity contribution in [1.82, 2.24) is 15.1 Å². The van der Waals surface area contributed by atoms with Crippen LogP contribution in [-0.4, -0.2) is 28.8 Å². The minimum atomic E-state index is 0.676. The Hall–Kier alpha value is -2.63. The van der Waals surface area contributed by atoms with E-state index in [1.54, 1.807) is 13.3 Å². The third-order valence-electron chi connectivity index (χ3n) is 3.03. The lowest BCUT2D eigenvalue weighted by Gasteiger charge is -2.10. The number of ether oxygens (including phenoxy) is 1. The third-order valence-corrected chi connectivity index (χ3v) is 3.03. The van der Waals surface area contributed by atoms with Crippen LogP contribution in [0.25, 0.3) is 10.8 Å². The average molecular weight is 270 g/mol. The predicted molar refractivity (Wildman–Crippen MR) is 74.8 cm³/mol. The fourth-order valence-electron chi connectivity index (χ4n) is 2.09. The highest BCUT2D eigenvalue weighted by molar-refractivity contribution is 5.95.